The summed E-state index contributed by atoms with van der Waals surface area (Å²) in [6, 6.07) is 17.6. The number of imidazole rings is 1. The Hall–Kier alpha value is -3.69. The van der Waals surface area contributed by atoms with Crippen LogP contribution in [0.15, 0.2) is 64.2 Å². The highest BCUT2D eigenvalue weighted by molar-refractivity contribution is 5.71. The van der Waals surface area contributed by atoms with Gasteiger partial charge in [0.25, 0.3) is 5.56 Å². The summed E-state index contributed by atoms with van der Waals surface area (Å²) in [5, 5.41) is 13.2. The Bertz CT molecular complexity index is 1470. The number of nitrogens with one attached hydrogen (secondary N) is 1. The number of rotatable bonds is 14. The molecule has 39 heavy (non-hydrogen) atoms. The lowest BCUT2D eigenvalue weighted by molar-refractivity contribution is 0.167. The van der Waals surface area contributed by atoms with Crippen molar-refractivity contribution in [1.82, 2.24) is 24.0 Å². The number of hydrogen-bond donors (Lipinski definition) is 3. The number of nitrogens with two attached hydrogens (primary N) is 1. The van der Waals surface area contributed by atoms with Gasteiger partial charge in [-0.15, -0.1) is 0 Å². The van der Waals surface area contributed by atoms with Crippen molar-refractivity contribution in [2.45, 2.75) is 71.7 Å². The Morgan fingerprint density at radius 1 is 0.923 bits per heavy atom. The highest BCUT2D eigenvalue weighted by atomic mass is 16.3. The van der Waals surface area contributed by atoms with Crippen molar-refractivity contribution >= 4 is 16.9 Å². The van der Waals surface area contributed by atoms with Crippen molar-refractivity contribution in [2.24, 2.45) is 0 Å². The molecule has 1 unspecified atom stereocenters. The maximum Gasteiger partial charge on any atom is 0.332 e. The van der Waals surface area contributed by atoms with Gasteiger partial charge < -0.3 is 20.7 Å². The molecule has 0 bridgehead atoms. The number of aryl methyl sites for hydroxylation is 2. The van der Waals surface area contributed by atoms with Crippen LogP contribution in [0.25, 0.3) is 11.2 Å². The van der Waals surface area contributed by atoms with Crippen LogP contribution in [0, 0.1) is 0 Å². The van der Waals surface area contributed by atoms with Crippen LogP contribution >= 0.6 is 0 Å². The molecule has 4 rings (SSSR count). The van der Waals surface area contributed by atoms with Crippen LogP contribution < -0.4 is 22.3 Å². The van der Waals surface area contributed by atoms with Gasteiger partial charge in [0.2, 0.25) is 0 Å². The van der Waals surface area contributed by atoms with E-state index in [-0.39, 0.29) is 11.2 Å². The maximum atomic E-state index is 13.8. The summed E-state index contributed by atoms with van der Waals surface area (Å²) in [5.41, 5.74) is 8.92. The second-order valence-corrected chi connectivity index (χ2v) is 10.0. The van der Waals surface area contributed by atoms with E-state index in [0.29, 0.717) is 68.8 Å². The average Bonchev–Trinajstić information content (AvgIpc) is 3.30. The highest BCUT2D eigenvalue weighted by Gasteiger charge is 2.21. The van der Waals surface area contributed by atoms with Crippen LogP contribution in [0.4, 0.5) is 5.69 Å². The monoisotopic (exact) mass is 532 g/mol. The molecule has 0 aliphatic heterocycles. The minimum atomic E-state index is -0.418. The zero-order valence-electron chi connectivity index (χ0n) is 23.0. The van der Waals surface area contributed by atoms with E-state index in [9.17, 15) is 14.7 Å². The molecule has 9 nitrogen and oxygen atoms in total. The number of fused-ring (bicyclic) bond motifs is 1. The summed E-state index contributed by atoms with van der Waals surface area (Å²) in [7, 11) is 0. The molecule has 4 N–H and O–H groups in total. The lowest BCUT2D eigenvalue weighted by Crippen LogP contribution is -2.41. The smallest absolute Gasteiger partial charge is 0.332 e. The van der Waals surface area contributed by atoms with Crippen molar-refractivity contribution in [3.63, 3.8) is 0 Å². The van der Waals surface area contributed by atoms with Crippen molar-refractivity contribution in [3.05, 3.63) is 92.4 Å². The number of unbranched alkanes of at least 4 members (excludes halogenated alkanes) is 1. The minimum absolute atomic E-state index is 0.299. The molecule has 0 aliphatic rings. The predicted octanol–water partition coefficient (Wildman–Crippen LogP) is 2.94. The standard InChI is InChI=1S/C30H40N6O3/c1-3-5-17-36-29(38)27-28(35(30(36)39)18-15-22-11-13-24(31)14-12-22)33-26(20-23-9-7-6-8-10-23)34(27)19-16-32-21-25(37)4-2/h6-14,25,32,37H,3-5,15-21,31H2,1-2H3. The van der Waals surface area contributed by atoms with Crippen LogP contribution in [-0.4, -0.2) is 43.0 Å². The number of aromatic nitrogens is 4. The summed E-state index contributed by atoms with van der Waals surface area (Å²) in [6.07, 6.45) is 3.00. The fraction of sp³-hybridized carbons (Fsp3) is 0.433. The number of aliphatic hydroxyl groups is 1. The zero-order valence-corrected chi connectivity index (χ0v) is 23.0. The quantitative estimate of drug-likeness (QED) is 0.170. The molecule has 208 valence electrons. The Kier molecular flexibility index (Phi) is 9.73. The molecule has 2 heterocycles. The molecule has 0 radical (unpaired) electrons. The lowest BCUT2D eigenvalue weighted by atomic mass is 10.1. The molecule has 2 aromatic heterocycles. The third-order valence-corrected chi connectivity index (χ3v) is 7.10. The van der Waals surface area contributed by atoms with Crippen LogP contribution in [-0.2, 0) is 32.5 Å². The minimum Gasteiger partial charge on any atom is -0.399 e. The van der Waals surface area contributed by atoms with Gasteiger partial charge in [-0.25, -0.2) is 9.78 Å². The second-order valence-electron chi connectivity index (χ2n) is 10.0. The molecular formula is C30H40N6O3. The highest BCUT2D eigenvalue weighted by Crippen LogP contribution is 2.17. The first-order chi connectivity index (χ1) is 18.9. The first kappa shape index (κ1) is 28.3. The second kappa shape index (κ2) is 13.4. The summed E-state index contributed by atoms with van der Waals surface area (Å²) < 4.78 is 4.98. The fourth-order valence-corrected chi connectivity index (χ4v) is 4.73. The summed E-state index contributed by atoms with van der Waals surface area (Å²) in [6.45, 7) is 6.28. The van der Waals surface area contributed by atoms with E-state index >= 15 is 0 Å². The Morgan fingerprint density at radius 2 is 1.67 bits per heavy atom. The number of benzene rings is 2. The van der Waals surface area contributed by atoms with Gasteiger partial charge in [-0.3, -0.25) is 13.9 Å². The van der Waals surface area contributed by atoms with Gasteiger partial charge in [-0.2, -0.15) is 0 Å². The van der Waals surface area contributed by atoms with E-state index in [1.807, 2.05) is 73.0 Å². The van der Waals surface area contributed by atoms with Gasteiger partial charge in [0.05, 0.1) is 6.10 Å². The van der Waals surface area contributed by atoms with Gasteiger partial charge in [-0.1, -0.05) is 62.7 Å². The normalized spacial score (nSPS) is 12.3. The molecule has 2 aromatic carbocycles. The Labute approximate surface area is 228 Å². The maximum absolute atomic E-state index is 13.8. The largest absolute Gasteiger partial charge is 0.399 e. The van der Waals surface area contributed by atoms with Crippen molar-refractivity contribution < 1.29 is 5.11 Å². The Morgan fingerprint density at radius 3 is 2.36 bits per heavy atom. The van der Waals surface area contributed by atoms with Gasteiger partial charge in [-0.05, 0) is 42.5 Å². The van der Waals surface area contributed by atoms with Crippen LogP contribution in [0.2, 0.25) is 0 Å². The zero-order chi connectivity index (χ0) is 27.8. The SMILES string of the molecule is CCCCn1c(=O)c2c(nc(Cc3ccccc3)n2CCNCC(O)CC)n(CCc2ccc(N)cc2)c1=O. The number of nitrogens with zero attached hydrogens (tertiary/aromatic N) is 4. The molecule has 1 atom stereocenters. The molecule has 0 saturated heterocycles. The number of hydrogen-bond acceptors (Lipinski definition) is 6. The van der Waals surface area contributed by atoms with E-state index in [4.69, 9.17) is 10.7 Å². The first-order valence-corrected chi connectivity index (χ1v) is 13.9. The molecule has 0 fully saturated rings. The van der Waals surface area contributed by atoms with E-state index in [1.54, 1.807) is 4.57 Å². The van der Waals surface area contributed by atoms with Crippen LogP contribution in [0.3, 0.4) is 0 Å². The van der Waals surface area contributed by atoms with E-state index < -0.39 is 6.10 Å². The number of aliphatic hydroxyl groups excluding tert-OH is 1. The topological polar surface area (TPSA) is 120 Å². The molecule has 0 spiro atoms. The van der Waals surface area contributed by atoms with Gasteiger partial charge in [0.1, 0.15) is 5.82 Å². The summed E-state index contributed by atoms with van der Waals surface area (Å²) >= 11 is 0. The van der Waals surface area contributed by atoms with E-state index in [0.717, 1.165) is 29.8 Å². The first-order valence-electron chi connectivity index (χ1n) is 13.9. The van der Waals surface area contributed by atoms with Crippen molar-refractivity contribution in [1.29, 1.82) is 0 Å². The molecule has 4 aromatic rings. The molecule has 0 saturated carbocycles. The van der Waals surface area contributed by atoms with E-state index in [2.05, 4.69) is 5.32 Å². The molecule has 0 amide bonds. The lowest BCUT2D eigenvalue weighted by Gasteiger charge is -2.14. The number of nitrogen functional groups attached to an aromatic ring is 1. The van der Waals surface area contributed by atoms with Crippen LogP contribution in [0.1, 0.15) is 50.1 Å². The fourth-order valence-electron chi connectivity index (χ4n) is 4.73. The van der Waals surface area contributed by atoms with Gasteiger partial charge in [0.15, 0.2) is 11.2 Å². The third-order valence-electron chi connectivity index (χ3n) is 7.10. The van der Waals surface area contributed by atoms with Gasteiger partial charge in [0, 0.05) is 44.8 Å². The van der Waals surface area contributed by atoms with Gasteiger partial charge >= 0.3 is 5.69 Å². The summed E-state index contributed by atoms with van der Waals surface area (Å²) in [5.74, 6) is 0.736. The molecule has 0 aliphatic carbocycles. The Balaban J connectivity index is 1.80. The van der Waals surface area contributed by atoms with E-state index in [1.165, 1.54) is 4.57 Å². The average molecular weight is 533 g/mol. The van der Waals surface area contributed by atoms with Crippen molar-refractivity contribution in [2.75, 3.05) is 18.8 Å². The summed E-state index contributed by atoms with van der Waals surface area (Å²) in [4.78, 5) is 32.4. The third kappa shape index (κ3) is 6.85. The number of anilines is 1. The molecular weight excluding hydrogens is 492 g/mol. The molecule has 9 heteroatoms. The predicted molar refractivity (Wildman–Crippen MR) is 156 cm³/mol. The van der Waals surface area contributed by atoms with Crippen LogP contribution in [0.5, 0.6) is 0 Å². The van der Waals surface area contributed by atoms with Crippen molar-refractivity contribution in [3.8, 4) is 0 Å².